The zero-order valence-electron chi connectivity index (χ0n) is 16.2. The molecule has 1 saturated heterocycles. The summed E-state index contributed by atoms with van der Waals surface area (Å²) in [5, 5.41) is 5.95. The molecule has 0 atom stereocenters. The molecule has 2 aromatic heterocycles. The third-order valence-electron chi connectivity index (χ3n) is 5.50. The Balaban J connectivity index is 1.24. The van der Waals surface area contributed by atoms with Gasteiger partial charge in [-0.3, -0.25) is 0 Å². The lowest BCUT2D eigenvalue weighted by molar-refractivity contribution is 0.412. The van der Waals surface area contributed by atoms with Crippen LogP contribution in [0, 0.1) is 13.8 Å². The first-order valence-corrected chi connectivity index (χ1v) is 10.8. The Hall–Kier alpha value is -1.98. The van der Waals surface area contributed by atoms with Crippen molar-refractivity contribution in [1.29, 1.82) is 0 Å². The number of benzene rings is 1. The van der Waals surface area contributed by atoms with Crippen LogP contribution in [-0.4, -0.2) is 35.6 Å². The molecule has 1 fully saturated rings. The molecule has 4 nitrogen and oxygen atoms in total. The summed E-state index contributed by atoms with van der Waals surface area (Å²) in [6.45, 7) is 7.50. The van der Waals surface area contributed by atoms with Gasteiger partial charge >= 0.3 is 0 Å². The minimum atomic E-state index is 0.627. The lowest BCUT2D eigenvalue weighted by atomic mass is 10.0. The monoisotopic (exact) mass is 380 g/mol. The van der Waals surface area contributed by atoms with Crippen molar-refractivity contribution in [2.75, 3.05) is 24.5 Å². The first-order chi connectivity index (χ1) is 13.2. The van der Waals surface area contributed by atoms with Crippen LogP contribution < -0.4 is 10.2 Å². The average Bonchev–Trinajstić information content (AvgIpc) is 3.08. The molecule has 1 aliphatic rings. The molecule has 3 aromatic rings. The van der Waals surface area contributed by atoms with Crippen LogP contribution in [0.3, 0.4) is 0 Å². The second-order valence-corrected chi connectivity index (χ2v) is 8.48. The Bertz CT molecular complexity index is 879. The van der Waals surface area contributed by atoms with Crippen molar-refractivity contribution in [1.82, 2.24) is 15.3 Å². The van der Waals surface area contributed by atoms with Gasteiger partial charge < -0.3 is 10.2 Å². The fourth-order valence-corrected chi connectivity index (χ4v) is 4.85. The number of hydrogen-bond acceptors (Lipinski definition) is 5. The van der Waals surface area contributed by atoms with Gasteiger partial charge in [-0.25, -0.2) is 9.97 Å². The van der Waals surface area contributed by atoms with Crippen LogP contribution in [-0.2, 0) is 6.42 Å². The van der Waals surface area contributed by atoms with E-state index in [0.29, 0.717) is 6.04 Å². The number of thiophene rings is 1. The number of rotatable bonds is 6. The van der Waals surface area contributed by atoms with Crippen LogP contribution in [0.5, 0.6) is 0 Å². The van der Waals surface area contributed by atoms with E-state index in [0.717, 1.165) is 37.4 Å². The van der Waals surface area contributed by atoms with Crippen molar-refractivity contribution in [3.63, 3.8) is 0 Å². The topological polar surface area (TPSA) is 41.0 Å². The lowest BCUT2D eigenvalue weighted by Crippen LogP contribution is -2.43. The van der Waals surface area contributed by atoms with Crippen LogP contribution in [0.15, 0.2) is 36.0 Å². The number of nitrogens with zero attached hydrogens (tertiary/aromatic N) is 3. The molecule has 0 saturated carbocycles. The average molecular weight is 381 g/mol. The van der Waals surface area contributed by atoms with E-state index in [1.807, 2.05) is 0 Å². The molecule has 27 heavy (non-hydrogen) atoms. The van der Waals surface area contributed by atoms with Crippen LogP contribution in [0.2, 0.25) is 0 Å². The number of aryl methyl sites for hydroxylation is 3. The predicted molar refractivity (Wildman–Crippen MR) is 115 cm³/mol. The maximum atomic E-state index is 4.59. The van der Waals surface area contributed by atoms with Crippen molar-refractivity contribution in [3.05, 3.63) is 52.7 Å². The van der Waals surface area contributed by atoms with Gasteiger partial charge in [0.05, 0.1) is 10.2 Å². The second kappa shape index (κ2) is 8.36. The van der Waals surface area contributed by atoms with Crippen LogP contribution >= 0.6 is 11.3 Å². The second-order valence-electron chi connectivity index (χ2n) is 7.60. The van der Waals surface area contributed by atoms with Crippen LogP contribution in [0.4, 0.5) is 5.82 Å². The van der Waals surface area contributed by atoms with Crippen LogP contribution in [0.25, 0.3) is 10.2 Å². The van der Waals surface area contributed by atoms with Gasteiger partial charge in [0.15, 0.2) is 0 Å². The summed E-state index contributed by atoms with van der Waals surface area (Å²) < 4.78 is 1.24. The van der Waals surface area contributed by atoms with Gasteiger partial charge in [0.25, 0.3) is 0 Å². The number of nitrogens with one attached hydrogen (secondary N) is 1. The van der Waals surface area contributed by atoms with E-state index in [4.69, 9.17) is 0 Å². The van der Waals surface area contributed by atoms with Gasteiger partial charge in [-0.05, 0) is 62.6 Å². The first kappa shape index (κ1) is 18.4. The van der Waals surface area contributed by atoms with Gasteiger partial charge in [0.2, 0.25) is 0 Å². The van der Waals surface area contributed by atoms with E-state index in [2.05, 4.69) is 63.7 Å². The number of aromatic nitrogens is 2. The standard InChI is InChI=1S/C22H28N4S/c1-16-5-7-18(8-6-16)4-3-11-23-19-9-12-26(13-10-19)22-21-20(24-15-25-22)17(2)14-27-21/h5-8,14-15,19,23H,3-4,9-13H2,1-2H3. The van der Waals surface area contributed by atoms with E-state index in [1.165, 1.54) is 40.7 Å². The number of piperidine rings is 1. The maximum absolute atomic E-state index is 4.59. The van der Waals surface area contributed by atoms with Crippen LogP contribution in [0.1, 0.15) is 36.0 Å². The van der Waals surface area contributed by atoms with E-state index >= 15 is 0 Å². The summed E-state index contributed by atoms with van der Waals surface area (Å²) in [5.74, 6) is 1.12. The van der Waals surface area contributed by atoms with Crippen molar-refractivity contribution in [3.8, 4) is 0 Å². The van der Waals surface area contributed by atoms with Crippen molar-refractivity contribution >= 4 is 27.4 Å². The Morgan fingerprint density at radius 1 is 1.11 bits per heavy atom. The molecule has 1 aliphatic heterocycles. The minimum absolute atomic E-state index is 0.627. The highest BCUT2D eigenvalue weighted by Gasteiger charge is 2.22. The molecule has 0 unspecified atom stereocenters. The summed E-state index contributed by atoms with van der Waals surface area (Å²) in [6.07, 6.45) is 6.43. The van der Waals surface area contributed by atoms with Gasteiger partial charge in [-0.2, -0.15) is 0 Å². The number of anilines is 1. The van der Waals surface area contributed by atoms with Gasteiger partial charge in [0.1, 0.15) is 12.1 Å². The van der Waals surface area contributed by atoms with Crippen molar-refractivity contribution < 1.29 is 0 Å². The van der Waals surface area contributed by atoms with Crippen molar-refractivity contribution in [2.45, 2.75) is 45.6 Å². The fourth-order valence-electron chi connectivity index (χ4n) is 3.83. The summed E-state index contributed by atoms with van der Waals surface area (Å²) in [6, 6.07) is 9.54. The SMILES string of the molecule is Cc1ccc(CCCNC2CCN(c3ncnc4c(C)csc34)CC2)cc1. The fraction of sp³-hybridized carbons (Fsp3) is 0.455. The highest BCUT2D eigenvalue weighted by atomic mass is 32.1. The normalized spacial score (nSPS) is 15.6. The van der Waals surface area contributed by atoms with E-state index in [1.54, 1.807) is 17.7 Å². The highest BCUT2D eigenvalue weighted by Crippen LogP contribution is 2.32. The molecule has 1 N–H and O–H groups in total. The molecule has 0 bridgehead atoms. The third kappa shape index (κ3) is 4.30. The maximum Gasteiger partial charge on any atom is 0.150 e. The molecule has 0 aliphatic carbocycles. The first-order valence-electron chi connectivity index (χ1n) is 9.93. The number of fused-ring (bicyclic) bond motifs is 1. The van der Waals surface area contributed by atoms with E-state index in [9.17, 15) is 0 Å². The Morgan fingerprint density at radius 3 is 2.67 bits per heavy atom. The largest absolute Gasteiger partial charge is 0.355 e. The zero-order chi connectivity index (χ0) is 18.6. The molecule has 142 valence electrons. The molecule has 0 spiro atoms. The summed E-state index contributed by atoms with van der Waals surface area (Å²) in [5.41, 5.74) is 5.14. The third-order valence-corrected chi connectivity index (χ3v) is 6.59. The quantitative estimate of drug-likeness (QED) is 0.639. The molecule has 0 radical (unpaired) electrons. The molecule has 1 aromatic carbocycles. The predicted octanol–water partition coefficient (Wildman–Crippen LogP) is 4.50. The molecular weight excluding hydrogens is 352 g/mol. The van der Waals surface area contributed by atoms with Gasteiger partial charge in [-0.1, -0.05) is 29.8 Å². The van der Waals surface area contributed by atoms with E-state index < -0.39 is 0 Å². The molecule has 5 heteroatoms. The lowest BCUT2D eigenvalue weighted by Gasteiger charge is -2.33. The highest BCUT2D eigenvalue weighted by molar-refractivity contribution is 7.18. The van der Waals surface area contributed by atoms with Crippen molar-refractivity contribution in [2.24, 2.45) is 0 Å². The smallest absolute Gasteiger partial charge is 0.150 e. The Labute approximate surface area is 165 Å². The molecule has 3 heterocycles. The van der Waals surface area contributed by atoms with Gasteiger partial charge in [-0.15, -0.1) is 11.3 Å². The minimum Gasteiger partial charge on any atom is -0.355 e. The summed E-state index contributed by atoms with van der Waals surface area (Å²) in [7, 11) is 0. The molecule has 0 amide bonds. The Kier molecular flexibility index (Phi) is 5.69. The van der Waals surface area contributed by atoms with Gasteiger partial charge in [0, 0.05) is 19.1 Å². The Morgan fingerprint density at radius 2 is 1.89 bits per heavy atom. The zero-order valence-corrected chi connectivity index (χ0v) is 17.1. The summed E-state index contributed by atoms with van der Waals surface area (Å²) in [4.78, 5) is 11.5. The summed E-state index contributed by atoms with van der Waals surface area (Å²) >= 11 is 1.77. The molecule has 4 rings (SSSR count). The van der Waals surface area contributed by atoms with E-state index in [-0.39, 0.29) is 0 Å². The number of hydrogen-bond donors (Lipinski definition) is 1. The molecular formula is C22H28N4S.